The van der Waals surface area contributed by atoms with E-state index in [9.17, 15) is 4.79 Å². The number of nitrogens with zero attached hydrogens (tertiary/aromatic N) is 3. The van der Waals surface area contributed by atoms with Crippen molar-refractivity contribution in [2.45, 2.75) is 13.3 Å². The number of anilines is 1. The third kappa shape index (κ3) is 2.41. The molecule has 0 atom stereocenters. The summed E-state index contributed by atoms with van der Waals surface area (Å²) < 4.78 is 4.79. The Bertz CT molecular complexity index is 504. The van der Waals surface area contributed by atoms with Crippen LogP contribution in [0.2, 0.25) is 0 Å². The molecule has 8 nitrogen and oxygen atoms in total. The minimum absolute atomic E-state index is 0.202. The Balaban J connectivity index is 1.87. The SMILES string of the molecule is Cc1[nH]nc(C(=O)NCCc2ncno2)c1N. The van der Waals surface area contributed by atoms with Crippen LogP contribution < -0.4 is 11.1 Å². The first-order valence-corrected chi connectivity index (χ1v) is 5.02. The van der Waals surface area contributed by atoms with Gasteiger partial charge in [0.1, 0.15) is 0 Å². The summed E-state index contributed by atoms with van der Waals surface area (Å²) in [6.07, 6.45) is 1.78. The lowest BCUT2D eigenvalue weighted by molar-refractivity contribution is 0.0949. The predicted molar refractivity (Wildman–Crippen MR) is 58.1 cm³/mol. The number of hydrogen-bond acceptors (Lipinski definition) is 6. The molecule has 17 heavy (non-hydrogen) atoms. The van der Waals surface area contributed by atoms with E-state index in [0.29, 0.717) is 30.2 Å². The van der Waals surface area contributed by atoms with Gasteiger partial charge < -0.3 is 15.6 Å². The summed E-state index contributed by atoms with van der Waals surface area (Å²) in [6.45, 7) is 2.13. The van der Waals surface area contributed by atoms with Crippen molar-refractivity contribution in [3.63, 3.8) is 0 Å². The number of aromatic nitrogens is 4. The number of aromatic amines is 1. The Kier molecular flexibility index (Phi) is 3.03. The molecule has 0 fully saturated rings. The molecule has 8 heteroatoms. The van der Waals surface area contributed by atoms with Gasteiger partial charge in [-0.05, 0) is 6.92 Å². The molecule has 90 valence electrons. The molecule has 0 aliphatic heterocycles. The maximum atomic E-state index is 11.7. The second-order valence-electron chi connectivity index (χ2n) is 3.45. The summed E-state index contributed by atoms with van der Waals surface area (Å²) in [5.41, 5.74) is 6.91. The van der Waals surface area contributed by atoms with Crippen LogP contribution in [0.1, 0.15) is 22.1 Å². The van der Waals surface area contributed by atoms with Crippen molar-refractivity contribution >= 4 is 11.6 Å². The summed E-state index contributed by atoms with van der Waals surface area (Å²) >= 11 is 0. The molecule has 0 aromatic carbocycles. The number of aryl methyl sites for hydroxylation is 1. The van der Waals surface area contributed by atoms with Gasteiger partial charge in [-0.15, -0.1) is 0 Å². The van der Waals surface area contributed by atoms with Gasteiger partial charge in [0.05, 0.1) is 11.4 Å². The van der Waals surface area contributed by atoms with Gasteiger partial charge in [0.15, 0.2) is 12.0 Å². The second-order valence-corrected chi connectivity index (χ2v) is 3.45. The van der Waals surface area contributed by atoms with E-state index < -0.39 is 0 Å². The fourth-order valence-electron chi connectivity index (χ4n) is 1.28. The monoisotopic (exact) mass is 236 g/mol. The number of nitrogens with one attached hydrogen (secondary N) is 2. The first-order valence-electron chi connectivity index (χ1n) is 5.02. The zero-order chi connectivity index (χ0) is 12.3. The highest BCUT2D eigenvalue weighted by atomic mass is 16.5. The van der Waals surface area contributed by atoms with Gasteiger partial charge in [0.25, 0.3) is 5.91 Å². The van der Waals surface area contributed by atoms with Gasteiger partial charge in [0, 0.05) is 13.0 Å². The van der Waals surface area contributed by atoms with Crippen LogP contribution in [0.4, 0.5) is 5.69 Å². The Morgan fingerprint density at radius 3 is 3.06 bits per heavy atom. The summed E-state index contributed by atoms with van der Waals surface area (Å²) in [7, 11) is 0. The molecule has 2 aromatic heterocycles. The predicted octanol–water partition coefficient (Wildman–Crippen LogP) is -0.344. The van der Waals surface area contributed by atoms with Crippen LogP contribution in [0.5, 0.6) is 0 Å². The van der Waals surface area contributed by atoms with E-state index in [1.165, 1.54) is 6.33 Å². The van der Waals surface area contributed by atoms with Gasteiger partial charge in [-0.2, -0.15) is 10.1 Å². The van der Waals surface area contributed by atoms with Gasteiger partial charge in [-0.25, -0.2) is 0 Å². The van der Waals surface area contributed by atoms with Crippen LogP contribution >= 0.6 is 0 Å². The van der Waals surface area contributed by atoms with E-state index >= 15 is 0 Å². The molecule has 0 radical (unpaired) electrons. The molecule has 0 bridgehead atoms. The molecule has 0 aliphatic carbocycles. The average Bonchev–Trinajstić information content (AvgIpc) is 2.91. The zero-order valence-electron chi connectivity index (χ0n) is 9.23. The summed E-state index contributed by atoms with van der Waals surface area (Å²) in [5.74, 6) is 0.142. The number of H-pyrrole nitrogens is 1. The molecule has 0 spiro atoms. The minimum atomic E-state index is -0.327. The highest BCUT2D eigenvalue weighted by molar-refractivity contribution is 5.97. The van der Waals surface area contributed by atoms with Crippen LogP contribution in [0.3, 0.4) is 0 Å². The van der Waals surface area contributed by atoms with Crippen molar-refractivity contribution < 1.29 is 9.32 Å². The van der Waals surface area contributed by atoms with Gasteiger partial charge in [-0.1, -0.05) is 5.16 Å². The number of carbonyl (C=O) groups is 1. The lowest BCUT2D eigenvalue weighted by atomic mass is 10.3. The molecule has 0 saturated carbocycles. The fraction of sp³-hybridized carbons (Fsp3) is 0.333. The van der Waals surface area contributed by atoms with E-state index in [0.717, 1.165) is 0 Å². The zero-order valence-corrected chi connectivity index (χ0v) is 9.23. The minimum Gasteiger partial charge on any atom is -0.395 e. The lowest BCUT2D eigenvalue weighted by Gasteiger charge is -2.01. The Morgan fingerprint density at radius 2 is 2.47 bits per heavy atom. The highest BCUT2D eigenvalue weighted by Gasteiger charge is 2.14. The fourth-order valence-corrected chi connectivity index (χ4v) is 1.28. The first-order chi connectivity index (χ1) is 8.18. The van der Waals surface area contributed by atoms with Crippen molar-refractivity contribution in [3.05, 3.63) is 23.6 Å². The van der Waals surface area contributed by atoms with E-state index in [1.807, 2.05) is 0 Å². The van der Waals surface area contributed by atoms with Crippen LogP contribution in [0.15, 0.2) is 10.9 Å². The molecule has 2 heterocycles. The molecular formula is C9H12N6O2. The van der Waals surface area contributed by atoms with Gasteiger partial charge in [0.2, 0.25) is 5.89 Å². The van der Waals surface area contributed by atoms with E-state index in [4.69, 9.17) is 10.3 Å². The van der Waals surface area contributed by atoms with E-state index in [-0.39, 0.29) is 11.6 Å². The van der Waals surface area contributed by atoms with Crippen molar-refractivity contribution in [3.8, 4) is 0 Å². The van der Waals surface area contributed by atoms with Crippen LogP contribution in [-0.2, 0) is 6.42 Å². The molecule has 0 unspecified atom stereocenters. The second kappa shape index (κ2) is 4.64. The van der Waals surface area contributed by atoms with Crippen LogP contribution in [0.25, 0.3) is 0 Å². The van der Waals surface area contributed by atoms with E-state index in [2.05, 4.69) is 25.7 Å². The number of nitrogens with two attached hydrogens (primary N) is 1. The van der Waals surface area contributed by atoms with Crippen LogP contribution in [0, 0.1) is 6.92 Å². The summed E-state index contributed by atoms with van der Waals surface area (Å²) in [4.78, 5) is 15.5. The van der Waals surface area contributed by atoms with Gasteiger partial charge in [-0.3, -0.25) is 9.89 Å². The lowest BCUT2D eigenvalue weighted by Crippen LogP contribution is -2.26. The third-order valence-electron chi connectivity index (χ3n) is 2.24. The quantitative estimate of drug-likeness (QED) is 0.667. The topological polar surface area (TPSA) is 123 Å². The molecule has 0 saturated heterocycles. The standard InChI is InChI=1S/C9H12N6O2/c1-5-7(10)8(15-14-5)9(16)11-3-2-6-12-4-13-17-6/h4H,2-3,10H2,1H3,(H,11,16)(H,14,15). The maximum Gasteiger partial charge on any atom is 0.273 e. The number of rotatable bonds is 4. The Hall–Kier alpha value is -2.38. The molecule has 2 aromatic rings. The average molecular weight is 236 g/mol. The molecule has 4 N–H and O–H groups in total. The molecular weight excluding hydrogens is 224 g/mol. The summed E-state index contributed by atoms with van der Waals surface area (Å²) in [5, 5.41) is 12.6. The maximum absolute atomic E-state index is 11.7. The Morgan fingerprint density at radius 1 is 1.65 bits per heavy atom. The number of hydrogen-bond donors (Lipinski definition) is 3. The number of carbonyl (C=O) groups excluding carboxylic acids is 1. The molecule has 1 amide bonds. The number of nitrogen functional groups attached to an aromatic ring is 1. The van der Waals surface area contributed by atoms with E-state index in [1.54, 1.807) is 6.92 Å². The Labute approximate surface area is 96.6 Å². The third-order valence-corrected chi connectivity index (χ3v) is 2.24. The number of amides is 1. The molecule has 0 aliphatic rings. The van der Waals surface area contributed by atoms with Gasteiger partial charge >= 0.3 is 0 Å². The largest absolute Gasteiger partial charge is 0.395 e. The normalized spacial score (nSPS) is 10.4. The molecule has 2 rings (SSSR count). The van der Waals surface area contributed by atoms with Crippen molar-refractivity contribution in [1.29, 1.82) is 0 Å². The van der Waals surface area contributed by atoms with Crippen molar-refractivity contribution in [2.75, 3.05) is 12.3 Å². The summed E-state index contributed by atoms with van der Waals surface area (Å²) in [6, 6.07) is 0. The van der Waals surface area contributed by atoms with Crippen LogP contribution in [-0.4, -0.2) is 32.8 Å². The van der Waals surface area contributed by atoms with Crippen molar-refractivity contribution in [2.24, 2.45) is 0 Å². The highest BCUT2D eigenvalue weighted by Crippen LogP contribution is 2.11. The first kappa shape index (κ1) is 11.1. The van der Waals surface area contributed by atoms with Crippen molar-refractivity contribution in [1.82, 2.24) is 25.7 Å². The smallest absolute Gasteiger partial charge is 0.273 e.